The molecule has 0 fully saturated rings. The third-order valence-corrected chi connectivity index (χ3v) is 4.26. The second-order valence-corrected chi connectivity index (χ2v) is 6.04. The lowest BCUT2D eigenvalue weighted by atomic mass is 10.2. The minimum atomic E-state index is 0.691. The van der Waals surface area contributed by atoms with Crippen molar-refractivity contribution in [3.05, 3.63) is 64.5 Å². The molecule has 2 aromatic carbocycles. The van der Waals surface area contributed by atoms with E-state index in [2.05, 4.69) is 32.0 Å². The maximum atomic E-state index is 6.33. The Labute approximate surface area is 134 Å². The van der Waals surface area contributed by atoms with E-state index in [9.17, 15) is 0 Å². The van der Waals surface area contributed by atoms with Crippen LogP contribution < -0.4 is 0 Å². The van der Waals surface area contributed by atoms with Gasteiger partial charge in [0.15, 0.2) is 0 Å². The molecular formula is C16H9BrClN3. The number of pyridine rings is 1. The Balaban J connectivity index is 2.16. The Morgan fingerprint density at radius 1 is 1.00 bits per heavy atom. The zero-order chi connectivity index (χ0) is 14.4. The van der Waals surface area contributed by atoms with E-state index < -0.39 is 0 Å². The van der Waals surface area contributed by atoms with E-state index >= 15 is 0 Å². The van der Waals surface area contributed by atoms with Crippen LogP contribution in [-0.4, -0.2) is 14.5 Å². The molecule has 2 aromatic heterocycles. The molecule has 0 amide bonds. The molecule has 0 aliphatic heterocycles. The lowest BCUT2D eigenvalue weighted by Gasteiger charge is -2.08. The summed E-state index contributed by atoms with van der Waals surface area (Å²) in [4.78, 5) is 8.89. The molecule has 4 rings (SSSR count). The summed E-state index contributed by atoms with van der Waals surface area (Å²) in [5.74, 6) is 0. The monoisotopic (exact) mass is 357 g/mol. The highest BCUT2D eigenvalue weighted by atomic mass is 79.9. The topological polar surface area (TPSA) is 30.7 Å². The molecule has 0 N–H and O–H groups in total. The summed E-state index contributed by atoms with van der Waals surface area (Å²) >= 11 is 9.84. The number of nitrogens with zero attached hydrogens (tertiary/aromatic N) is 3. The first-order chi connectivity index (χ1) is 10.2. The maximum absolute atomic E-state index is 6.33. The van der Waals surface area contributed by atoms with Gasteiger partial charge in [-0.3, -0.25) is 9.55 Å². The summed E-state index contributed by atoms with van der Waals surface area (Å²) in [6, 6.07) is 13.8. The average molecular weight is 359 g/mol. The minimum Gasteiger partial charge on any atom is -0.297 e. The van der Waals surface area contributed by atoms with Gasteiger partial charge in [0, 0.05) is 9.86 Å². The van der Waals surface area contributed by atoms with Crippen molar-refractivity contribution in [3.63, 3.8) is 0 Å². The van der Waals surface area contributed by atoms with E-state index in [1.165, 1.54) is 0 Å². The number of hydrogen-bond donors (Lipinski definition) is 0. The normalized spacial score (nSPS) is 11.3. The standard InChI is InChI=1S/C16H9BrClN3/c17-10-5-6-13-11(7-10)16-14(8-19-13)20-9-21(16)15-4-2-1-3-12(15)18/h1-9H. The zero-order valence-corrected chi connectivity index (χ0v) is 13.1. The van der Waals surface area contributed by atoms with Gasteiger partial charge in [-0.05, 0) is 30.3 Å². The molecule has 0 unspecified atom stereocenters. The van der Waals surface area contributed by atoms with Gasteiger partial charge >= 0.3 is 0 Å². The number of para-hydroxylation sites is 1. The summed E-state index contributed by atoms with van der Waals surface area (Å²) in [5, 5.41) is 1.73. The molecule has 0 spiro atoms. The molecule has 0 atom stereocenters. The number of rotatable bonds is 1. The van der Waals surface area contributed by atoms with Crippen molar-refractivity contribution >= 4 is 49.5 Å². The molecule has 0 saturated heterocycles. The highest BCUT2D eigenvalue weighted by Gasteiger charge is 2.11. The molecule has 5 heteroatoms. The van der Waals surface area contributed by atoms with E-state index in [-0.39, 0.29) is 0 Å². The molecule has 0 aliphatic rings. The number of imidazole rings is 1. The third-order valence-electron chi connectivity index (χ3n) is 3.45. The van der Waals surface area contributed by atoms with Crippen molar-refractivity contribution in [2.45, 2.75) is 0 Å². The summed E-state index contributed by atoms with van der Waals surface area (Å²) in [6.07, 6.45) is 3.58. The Morgan fingerprint density at radius 2 is 1.86 bits per heavy atom. The van der Waals surface area contributed by atoms with Crippen molar-refractivity contribution in [1.29, 1.82) is 0 Å². The molecule has 21 heavy (non-hydrogen) atoms. The second kappa shape index (κ2) is 4.83. The van der Waals surface area contributed by atoms with Crippen LogP contribution in [0.3, 0.4) is 0 Å². The molecular weight excluding hydrogens is 350 g/mol. The van der Waals surface area contributed by atoms with Crippen LogP contribution in [0.25, 0.3) is 27.6 Å². The number of fused-ring (bicyclic) bond motifs is 3. The first-order valence-electron chi connectivity index (χ1n) is 6.40. The van der Waals surface area contributed by atoms with Crippen LogP contribution in [0.1, 0.15) is 0 Å². The first kappa shape index (κ1) is 12.8. The lowest BCUT2D eigenvalue weighted by Crippen LogP contribution is -1.94. The van der Waals surface area contributed by atoms with E-state index in [1.807, 2.05) is 41.0 Å². The number of hydrogen-bond acceptors (Lipinski definition) is 2. The largest absolute Gasteiger partial charge is 0.297 e. The van der Waals surface area contributed by atoms with Crippen LogP contribution >= 0.6 is 27.5 Å². The van der Waals surface area contributed by atoms with Crippen LogP contribution in [0.2, 0.25) is 5.02 Å². The van der Waals surface area contributed by atoms with Gasteiger partial charge in [0.25, 0.3) is 0 Å². The predicted octanol–water partition coefficient (Wildman–Crippen LogP) is 4.99. The second-order valence-electron chi connectivity index (χ2n) is 4.72. The van der Waals surface area contributed by atoms with Crippen molar-refractivity contribution in [2.24, 2.45) is 0 Å². The number of halogens is 2. The zero-order valence-electron chi connectivity index (χ0n) is 10.8. The molecule has 3 nitrogen and oxygen atoms in total. The fourth-order valence-electron chi connectivity index (χ4n) is 2.50. The van der Waals surface area contributed by atoms with E-state index in [1.54, 1.807) is 12.5 Å². The van der Waals surface area contributed by atoms with Crippen LogP contribution in [0.15, 0.2) is 59.5 Å². The van der Waals surface area contributed by atoms with E-state index in [0.29, 0.717) is 5.02 Å². The summed E-state index contributed by atoms with van der Waals surface area (Å²) in [6.45, 7) is 0. The maximum Gasteiger partial charge on any atom is 0.108 e. The molecule has 0 saturated carbocycles. The lowest BCUT2D eigenvalue weighted by molar-refractivity contribution is 1.10. The van der Waals surface area contributed by atoms with E-state index in [4.69, 9.17) is 11.6 Å². The quantitative estimate of drug-likeness (QED) is 0.480. The third kappa shape index (κ3) is 2.03. The summed E-state index contributed by atoms with van der Waals surface area (Å²) < 4.78 is 3.02. The average Bonchev–Trinajstić information content (AvgIpc) is 2.92. The summed E-state index contributed by atoms with van der Waals surface area (Å²) in [7, 11) is 0. The smallest absolute Gasteiger partial charge is 0.108 e. The van der Waals surface area contributed by atoms with Crippen molar-refractivity contribution < 1.29 is 0 Å². The van der Waals surface area contributed by atoms with Crippen molar-refractivity contribution in [2.75, 3.05) is 0 Å². The molecule has 4 aromatic rings. The molecule has 2 heterocycles. The highest BCUT2D eigenvalue weighted by Crippen LogP contribution is 2.30. The van der Waals surface area contributed by atoms with Gasteiger partial charge in [0.2, 0.25) is 0 Å². The van der Waals surface area contributed by atoms with Crippen LogP contribution in [-0.2, 0) is 0 Å². The first-order valence-corrected chi connectivity index (χ1v) is 7.57. The Kier molecular flexibility index (Phi) is 2.94. The minimum absolute atomic E-state index is 0.691. The van der Waals surface area contributed by atoms with Crippen LogP contribution in [0.4, 0.5) is 0 Å². The van der Waals surface area contributed by atoms with Gasteiger partial charge in [-0.25, -0.2) is 4.98 Å². The van der Waals surface area contributed by atoms with Crippen molar-refractivity contribution in [1.82, 2.24) is 14.5 Å². The fourth-order valence-corrected chi connectivity index (χ4v) is 3.08. The number of aromatic nitrogens is 3. The Morgan fingerprint density at radius 3 is 2.71 bits per heavy atom. The fraction of sp³-hybridized carbons (Fsp3) is 0. The van der Waals surface area contributed by atoms with E-state index in [0.717, 1.165) is 32.1 Å². The number of benzene rings is 2. The van der Waals surface area contributed by atoms with Crippen molar-refractivity contribution in [3.8, 4) is 5.69 Å². The molecule has 0 bridgehead atoms. The van der Waals surface area contributed by atoms with Crippen LogP contribution in [0.5, 0.6) is 0 Å². The Bertz CT molecular complexity index is 978. The van der Waals surface area contributed by atoms with Gasteiger partial charge in [-0.2, -0.15) is 0 Å². The van der Waals surface area contributed by atoms with Crippen LogP contribution in [0, 0.1) is 0 Å². The highest BCUT2D eigenvalue weighted by molar-refractivity contribution is 9.10. The molecule has 102 valence electrons. The SMILES string of the molecule is Clc1ccccc1-n1cnc2cnc3ccc(Br)cc3c21. The van der Waals surface area contributed by atoms with Gasteiger partial charge in [-0.15, -0.1) is 0 Å². The van der Waals surface area contributed by atoms with Gasteiger partial charge in [-0.1, -0.05) is 39.7 Å². The molecule has 0 aliphatic carbocycles. The molecule has 0 radical (unpaired) electrons. The van der Waals surface area contributed by atoms with Gasteiger partial charge in [0.1, 0.15) is 11.8 Å². The Hall–Kier alpha value is -1.91. The predicted molar refractivity (Wildman–Crippen MR) is 89.1 cm³/mol. The van der Waals surface area contributed by atoms with Gasteiger partial charge < -0.3 is 0 Å². The van der Waals surface area contributed by atoms with Gasteiger partial charge in [0.05, 0.1) is 27.9 Å². The summed E-state index contributed by atoms with van der Waals surface area (Å²) in [5.41, 5.74) is 3.70.